The molecule has 4 rings (SSSR count). The number of halogens is 1. The van der Waals surface area contributed by atoms with E-state index in [1.54, 1.807) is 18.2 Å². The summed E-state index contributed by atoms with van der Waals surface area (Å²) in [5.41, 5.74) is 3.56. The van der Waals surface area contributed by atoms with E-state index in [2.05, 4.69) is 72.1 Å². The van der Waals surface area contributed by atoms with Crippen molar-refractivity contribution in [3.05, 3.63) is 120 Å². The van der Waals surface area contributed by atoms with Crippen molar-refractivity contribution in [2.45, 2.75) is 37.6 Å². The van der Waals surface area contributed by atoms with E-state index >= 15 is 0 Å². The number of likely N-dealkylation sites (tertiary alicyclic amines) is 1. The van der Waals surface area contributed by atoms with Gasteiger partial charge in [-0.2, -0.15) is 0 Å². The van der Waals surface area contributed by atoms with Gasteiger partial charge >= 0.3 is 0 Å². The van der Waals surface area contributed by atoms with Crippen LogP contribution in [-0.2, 0) is 11.2 Å². The van der Waals surface area contributed by atoms with Crippen LogP contribution < -0.4 is 0 Å². The monoisotopic (exact) mass is 470 g/mol. The summed E-state index contributed by atoms with van der Waals surface area (Å²) in [6.45, 7) is 7.42. The highest BCUT2D eigenvalue weighted by molar-refractivity contribution is 5.79. The summed E-state index contributed by atoms with van der Waals surface area (Å²) in [6, 6.07) is 28.0. The molecule has 0 bridgehead atoms. The molecule has 0 unspecified atom stereocenters. The van der Waals surface area contributed by atoms with Crippen molar-refractivity contribution >= 4 is 5.91 Å². The summed E-state index contributed by atoms with van der Waals surface area (Å²) in [5, 5.41) is 0. The van der Waals surface area contributed by atoms with Gasteiger partial charge in [-0.3, -0.25) is 4.79 Å². The quantitative estimate of drug-likeness (QED) is 0.336. The number of nitrogens with zero attached hydrogens (tertiary/aromatic N) is 2. The third kappa shape index (κ3) is 6.89. The molecule has 1 heterocycles. The number of carbonyl (C=O) groups excluding carboxylic acids is 1. The van der Waals surface area contributed by atoms with Gasteiger partial charge in [0.05, 0.1) is 6.42 Å². The van der Waals surface area contributed by atoms with Crippen LogP contribution in [0.5, 0.6) is 0 Å². The first-order valence-electron chi connectivity index (χ1n) is 12.6. The lowest BCUT2D eigenvalue weighted by Gasteiger charge is -2.38. The van der Waals surface area contributed by atoms with Crippen LogP contribution >= 0.6 is 0 Å². The fourth-order valence-corrected chi connectivity index (χ4v) is 5.13. The van der Waals surface area contributed by atoms with Crippen LogP contribution in [0.1, 0.15) is 41.9 Å². The van der Waals surface area contributed by atoms with Gasteiger partial charge in [0.1, 0.15) is 5.82 Å². The van der Waals surface area contributed by atoms with Gasteiger partial charge in [0.2, 0.25) is 5.91 Å². The third-order valence-corrected chi connectivity index (χ3v) is 7.05. The lowest BCUT2D eigenvalue weighted by atomic mass is 9.88. The first kappa shape index (κ1) is 24.9. The van der Waals surface area contributed by atoms with Gasteiger partial charge in [0.25, 0.3) is 0 Å². The summed E-state index contributed by atoms with van der Waals surface area (Å²) >= 11 is 0. The molecule has 35 heavy (non-hydrogen) atoms. The predicted octanol–water partition coefficient (Wildman–Crippen LogP) is 6.07. The van der Waals surface area contributed by atoms with Crippen molar-refractivity contribution in [3.63, 3.8) is 0 Å². The molecule has 1 aliphatic rings. The van der Waals surface area contributed by atoms with Crippen LogP contribution in [0.25, 0.3) is 0 Å². The van der Waals surface area contributed by atoms with Gasteiger partial charge in [-0.25, -0.2) is 4.39 Å². The number of rotatable bonds is 10. The van der Waals surface area contributed by atoms with Crippen molar-refractivity contribution in [1.29, 1.82) is 0 Å². The summed E-state index contributed by atoms with van der Waals surface area (Å²) in [7, 11) is 0. The minimum atomic E-state index is -0.279. The maximum atomic E-state index is 13.2. The molecule has 3 nitrogen and oxygen atoms in total. The first-order valence-corrected chi connectivity index (χ1v) is 12.6. The smallest absolute Gasteiger partial charge is 0.227 e. The second-order valence-electron chi connectivity index (χ2n) is 9.37. The summed E-state index contributed by atoms with van der Waals surface area (Å²) in [4.78, 5) is 17.6. The molecule has 1 fully saturated rings. The molecule has 4 heteroatoms. The number of piperidine rings is 1. The van der Waals surface area contributed by atoms with Gasteiger partial charge in [-0.15, -0.1) is 6.58 Å². The summed E-state index contributed by atoms with van der Waals surface area (Å²) in [5.74, 6) is 0.186. The largest absolute Gasteiger partial charge is 0.336 e. The van der Waals surface area contributed by atoms with Crippen LogP contribution in [-0.4, -0.2) is 47.9 Å². The molecule has 0 atom stereocenters. The van der Waals surface area contributed by atoms with E-state index in [-0.39, 0.29) is 17.8 Å². The van der Waals surface area contributed by atoms with Crippen molar-refractivity contribution in [1.82, 2.24) is 9.80 Å². The first-order chi connectivity index (χ1) is 17.1. The molecule has 1 amide bonds. The number of hydrogen-bond donors (Lipinski definition) is 0. The fraction of sp³-hybridized carbons (Fsp3) is 0.323. The highest BCUT2D eigenvalue weighted by atomic mass is 19.1. The molecular weight excluding hydrogens is 435 g/mol. The van der Waals surface area contributed by atoms with Gasteiger partial charge in [-0.05, 0) is 54.6 Å². The molecule has 0 aromatic heterocycles. The van der Waals surface area contributed by atoms with E-state index in [1.807, 2.05) is 4.90 Å². The third-order valence-electron chi connectivity index (χ3n) is 7.05. The Morgan fingerprint density at radius 2 is 1.51 bits per heavy atom. The summed E-state index contributed by atoms with van der Waals surface area (Å²) in [6.07, 6.45) is 5.09. The van der Waals surface area contributed by atoms with Crippen molar-refractivity contribution in [2.24, 2.45) is 0 Å². The molecule has 0 saturated carbocycles. The Morgan fingerprint density at radius 3 is 2.06 bits per heavy atom. The Labute approximate surface area is 208 Å². The lowest BCUT2D eigenvalue weighted by Crippen LogP contribution is -2.48. The molecule has 3 aromatic rings. The van der Waals surface area contributed by atoms with Crippen LogP contribution in [0.4, 0.5) is 4.39 Å². The molecule has 1 aliphatic heterocycles. The van der Waals surface area contributed by atoms with Crippen LogP contribution in [0.3, 0.4) is 0 Å². The van der Waals surface area contributed by atoms with E-state index in [9.17, 15) is 9.18 Å². The Balaban J connectivity index is 1.33. The maximum Gasteiger partial charge on any atom is 0.227 e. The molecule has 0 spiro atoms. The molecule has 1 saturated heterocycles. The second kappa shape index (κ2) is 12.5. The molecule has 182 valence electrons. The van der Waals surface area contributed by atoms with Crippen LogP contribution in [0, 0.1) is 5.82 Å². The Kier molecular flexibility index (Phi) is 8.85. The van der Waals surface area contributed by atoms with Crippen molar-refractivity contribution < 1.29 is 9.18 Å². The fourth-order valence-electron chi connectivity index (χ4n) is 5.13. The average Bonchev–Trinajstić information content (AvgIpc) is 2.90. The highest BCUT2D eigenvalue weighted by Gasteiger charge is 2.27. The Hall–Kier alpha value is -3.24. The van der Waals surface area contributed by atoms with E-state index in [0.29, 0.717) is 18.9 Å². The highest BCUT2D eigenvalue weighted by Crippen LogP contribution is 2.29. The molecular formula is C31H35FN2O. The molecule has 0 radical (unpaired) electrons. The number of amides is 1. The van der Waals surface area contributed by atoms with E-state index in [1.165, 1.54) is 23.3 Å². The average molecular weight is 471 g/mol. The zero-order valence-corrected chi connectivity index (χ0v) is 20.4. The van der Waals surface area contributed by atoms with E-state index in [0.717, 1.165) is 44.5 Å². The number of benzene rings is 3. The van der Waals surface area contributed by atoms with Crippen molar-refractivity contribution in [3.8, 4) is 0 Å². The standard InChI is InChI=1S/C31H35FN2O/c1-2-20-34(31(35)24-25-13-15-28(32)16-14-25)29-17-21-33(22-18-29)23-19-30(26-9-5-3-6-10-26)27-11-7-4-8-12-27/h2-16,29-30H,1,17-24H2. The van der Waals surface area contributed by atoms with Crippen molar-refractivity contribution in [2.75, 3.05) is 26.2 Å². The summed E-state index contributed by atoms with van der Waals surface area (Å²) < 4.78 is 13.2. The SMILES string of the molecule is C=CCN(C(=O)Cc1ccc(F)cc1)C1CCN(CCC(c2ccccc2)c2ccccc2)CC1. The van der Waals surface area contributed by atoms with E-state index in [4.69, 9.17) is 0 Å². The predicted molar refractivity (Wildman–Crippen MR) is 141 cm³/mol. The van der Waals surface area contributed by atoms with Gasteiger partial charge in [0.15, 0.2) is 0 Å². The zero-order valence-electron chi connectivity index (χ0n) is 20.4. The Morgan fingerprint density at radius 1 is 0.943 bits per heavy atom. The Bertz CT molecular complexity index is 1020. The normalized spacial score (nSPS) is 14.7. The van der Waals surface area contributed by atoms with Gasteiger partial charge in [0, 0.05) is 31.6 Å². The lowest BCUT2D eigenvalue weighted by molar-refractivity contribution is -0.133. The maximum absolute atomic E-state index is 13.2. The van der Waals surface area contributed by atoms with Crippen LogP contribution in [0.15, 0.2) is 97.6 Å². The van der Waals surface area contributed by atoms with Crippen LogP contribution in [0.2, 0.25) is 0 Å². The molecule has 0 N–H and O–H groups in total. The zero-order chi connectivity index (χ0) is 24.5. The number of hydrogen-bond acceptors (Lipinski definition) is 2. The molecule has 0 aliphatic carbocycles. The second-order valence-corrected chi connectivity index (χ2v) is 9.37. The molecule has 3 aromatic carbocycles. The topological polar surface area (TPSA) is 23.6 Å². The number of carbonyl (C=O) groups is 1. The minimum absolute atomic E-state index is 0.0863. The van der Waals surface area contributed by atoms with Gasteiger partial charge in [-0.1, -0.05) is 78.9 Å². The van der Waals surface area contributed by atoms with E-state index < -0.39 is 0 Å². The minimum Gasteiger partial charge on any atom is -0.336 e. The van der Waals surface area contributed by atoms with Gasteiger partial charge < -0.3 is 9.80 Å².